The Hall–Kier alpha value is -1.02. The van der Waals surface area contributed by atoms with E-state index in [0.29, 0.717) is 12.0 Å². The second-order valence-electron chi connectivity index (χ2n) is 5.93. The van der Waals surface area contributed by atoms with Gasteiger partial charge in [-0.1, -0.05) is 38.5 Å². The molecule has 1 aromatic carbocycles. The van der Waals surface area contributed by atoms with E-state index in [1.54, 1.807) is 0 Å². The van der Waals surface area contributed by atoms with E-state index in [1.807, 2.05) is 0 Å². The molecule has 0 fully saturated rings. The monoisotopic (exact) mass is 247 g/mol. The number of ether oxygens (including phenoxy) is 1. The molecule has 1 aromatic rings. The summed E-state index contributed by atoms with van der Waals surface area (Å²) in [5.41, 5.74) is 2.54. The average molecular weight is 247 g/mol. The molecule has 2 unspecified atom stereocenters. The van der Waals surface area contributed by atoms with E-state index in [9.17, 15) is 0 Å². The van der Waals surface area contributed by atoms with Gasteiger partial charge in [-0.05, 0) is 32.4 Å². The van der Waals surface area contributed by atoms with E-state index in [0.717, 1.165) is 18.7 Å². The minimum atomic E-state index is -0.0743. The average Bonchev–Trinajstić information content (AvgIpc) is 2.30. The summed E-state index contributed by atoms with van der Waals surface area (Å²) < 4.78 is 6.27. The lowest BCUT2D eigenvalue weighted by Gasteiger charge is -2.43. The van der Waals surface area contributed by atoms with Crippen LogP contribution in [0.4, 0.5) is 0 Å². The molecular weight excluding hydrogens is 222 g/mol. The van der Waals surface area contributed by atoms with Gasteiger partial charge < -0.3 is 10.1 Å². The van der Waals surface area contributed by atoms with Crippen LogP contribution in [0, 0.1) is 12.8 Å². The molecule has 2 heteroatoms. The molecule has 1 aliphatic rings. The summed E-state index contributed by atoms with van der Waals surface area (Å²) in [6.45, 7) is 12.0. The minimum Gasteiger partial charge on any atom is -0.487 e. The van der Waals surface area contributed by atoms with Gasteiger partial charge in [0, 0.05) is 18.0 Å². The number of rotatable bonds is 3. The molecule has 0 saturated heterocycles. The van der Waals surface area contributed by atoms with Crippen LogP contribution in [0.1, 0.15) is 51.3 Å². The van der Waals surface area contributed by atoms with Gasteiger partial charge in [-0.2, -0.15) is 0 Å². The van der Waals surface area contributed by atoms with Gasteiger partial charge in [-0.15, -0.1) is 0 Å². The number of benzene rings is 1. The maximum Gasteiger partial charge on any atom is 0.124 e. The lowest BCUT2D eigenvalue weighted by Crippen LogP contribution is -2.45. The van der Waals surface area contributed by atoms with E-state index in [1.165, 1.54) is 11.1 Å². The minimum absolute atomic E-state index is 0.0743. The molecule has 0 aromatic heterocycles. The molecule has 0 amide bonds. The number of hydrogen-bond donors (Lipinski definition) is 1. The Kier molecular flexibility index (Phi) is 3.67. The zero-order valence-electron chi connectivity index (χ0n) is 12.2. The van der Waals surface area contributed by atoms with Gasteiger partial charge >= 0.3 is 0 Å². The van der Waals surface area contributed by atoms with Crippen LogP contribution in [0.5, 0.6) is 5.75 Å². The Balaban J connectivity index is 2.40. The first-order chi connectivity index (χ1) is 8.46. The highest BCUT2D eigenvalue weighted by molar-refractivity contribution is 5.41. The van der Waals surface area contributed by atoms with Crippen molar-refractivity contribution < 1.29 is 4.74 Å². The van der Waals surface area contributed by atoms with Gasteiger partial charge in [0.1, 0.15) is 11.4 Å². The Morgan fingerprint density at radius 1 is 1.44 bits per heavy atom. The summed E-state index contributed by atoms with van der Waals surface area (Å²) in [7, 11) is 0. The molecule has 1 aliphatic heterocycles. The third kappa shape index (κ3) is 2.39. The fourth-order valence-corrected chi connectivity index (χ4v) is 2.62. The summed E-state index contributed by atoms with van der Waals surface area (Å²) in [5, 5.41) is 3.60. The van der Waals surface area contributed by atoms with Crippen LogP contribution in [0.2, 0.25) is 0 Å². The Labute approximate surface area is 111 Å². The molecule has 0 aliphatic carbocycles. The van der Waals surface area contributed by atoms with Gasteiger partial charge in [-0.25, -0.2) is 0 Å². The van der Waals surface area contributed by atoms with Gasteiger partial charge in [0.25, 0.3) is 0 Å². The summed E-state index contributed by atoms with van der Waals surface area (Å²) >= 11 is 0. The normalized spacial score (nSPS) is 26.9. The van der Waals surface area contributed by atoms with Gasteiger partial charge in [0.15, 0.2) is 0 Å². The summed E-state index contributed by atoms with van der Waals surface area (Å²) in [4.78, 5) is 0. The van der Waals surface area contributed by atoms with Crippen molar-refractivity contribution in [1.82, 2.24) is 5.32 Å². The molecule has 2 atom stereocenters. The highest BCUT2D eigenvalue weighted by Gasteiger charge is 2.39. The van der Waals surface area contributed by atoms with Crippen molar-refractivity contribution in [3.8, 4) is 5.75 Å². The first-order valence-electron chi connectivity index (χ1n) is 6.99. The van der Waals surface area contributed by atoms with Crippen LogP contribution >= 0.6 is 0 Å². The molecular formula is C16H25NO. The van der Waals surface area contributed by atoms with Crippen LogP contribution in [0.25, 0.3) is 0 Å². The van der Waals surface area contributed by atoms with Crippen LogP contribution in [-0.2, 0) is 0 Å². The maximum absolute atomic E-state index is 6.27. The van der Waals surface area contributed by atoms with Crippen LogP contribution in [0.3, 0.4) is 0 Å². The third-order valence-electron chi connectivity index (χ3n) is 4.17. The van der Waals surface area contributed by atoms with Crippen molar-refractivity contribution in [2.75, 3.05) is 6.54 Å². The fourth-order valence-electron chi connectivity index (χ4n) is 2.62. The van der Waals surface area contributed by atoms with Crippen molar-refractivity contribution in [2.24, 2.45) is 5.92 Å². The second-order valence-corrected chi connectivity index (χ2v) is 5.93. The van der Waals surface area contributed by atoms with Gasteiger partial charge in [-0.3, -0.25) is 0 Å². The van der Waals surface area contributed by atoms with Crippen molar-refractivity contribution in [2.45, 2.75) is 52.7 Å². The van der Waals surface area contributed by atoms with Crippen LogP contribution in [-0.4, -0.2) is 12.1 Å². The van der Waals surface area contributed by atoms with E-state index in [4.69, 9.17) is 4.74 Å². The molecule has 0 radical (unpaired) electrons. The predicted molar refractivity (Wildman–Crippen MR) is 76.1 cm³/mol. The molecule has 100 valence electrons. The molecule has 2 nitrogen and oxygen atoms in total. The summed E-state index contributed by atoms with van der Waals surface area (Å²) in [6, 6.07) is 6.91. The van der Waals surface area contributed by atoms with Crippen molar-refractivity contribution >= 4 is 0 Å². The van der Waals surface area contributed by atoms with E-state index >= 15 is 0 Å². The maximum atomic E-state index is 6.27. The Bertz CT molecular complexity index is 427. The Morgan fingerprint density at radius 3 is 2.78 bits per heavy atom. The molecule has 1 N–H and O–H groups in total. The predicted octanol–water partition coefficient (Wildman–Crippen LogP) is 3.84. The molecule has 18 heavy (non-hydrogen) atoms. The van der Waals surface area contributed by atoms with E-state index in [2.05, 4.69) is 58.1 Å². The van der Waals surface area contributed by atoms with Gasteiger partial charge in [0.2, 0.25) is 0 Å². The smallest absolute Gasteiger partial charge is 0.124 e. The van der Waals surface area contributed by atoms with Crippen molar-refractivity contribution in [3.63, 3.8) is 0 Å². The zero-order chi connectivity index (χ0) is 13.3. The number of nitrogens with one attached hydrogen (secondary N) is 1. The standard InChI is InChI=1S/C16H25NO/c1-6-17-14-10-16(5,11(2)3)18-15-8-7-12(4)9-13(14)15/h7-9,11,14,17H,6,10H2,1-5H3. The first-order valence-corrected chi connectivity index (χ1v) is 6.99. The Morgan fingerprint density at radius 2 is 2.17 bits per heavy atom. The van der Waals surface area contributed by atoms with Crippen LogP contribution in [0.15, 0.2) is 18.2 Å². The largest absolute Gasteiger partial charge is 0.487 e. The highest BCUT2D eigenvalue weighted by Crippen LogP contribution is 2.42. The molecule has 0 spiro atoms. The summed E-state index contributed by atoms with van der Waals surface area (Å²) in [5.74, 6) is 1.56. The quantitative estimate of drug-likeness (QED) is 0.876. The lowest BCUT2D eigenvalue weighted by molar-refractivity contribution is 0.00608. The number of hydrogen-bond acceptors (Lipinski definition) is 2. The summed E-state index contributed by atoms with van der Waals surface area (Å²) in [6.07, 6.45) is 1.04. The molecule has 2 rings (SSSR count). The topological polar surface area (TPSA) is 21.3 Å². The molecule has 0 saturated carbocycles. The molecule has 1 heterocycles. The SMILES string of the molecule is CCNC1CC(C)(C(C)C)Oc2ccc(C)cc21. The fraction of sp³-hybridized carbons (Fsp3) is 0.625. The van der Waals surface area contributed by atoms with E-state index in [-0.39, 0.29) is 5.60 Å². The first kappa shape index (κ1) is 13.4. The third-order valence-corrected chi connectivity index (χ3v) is 4.17. The number of fused-ring (bicyclic) bond motifs is 1. The van der Waals surface area contributed by atoms with Gasteiger partial charge in [0.05, 0.1) is 0 Å². The van der Waals surface area contributed by atoms with Crippen molar-refractivity contribution in [3.05, 3.63) is 29.3 Å². The van der Waals surface area contributed by atoms with Crippen LogP contribution < -0.4 is 10.1 Å². The zero-order valence-corrected chi connectivity index (χ0v) is 12.2. The number of aryl methyl sites for hydroxylation is 1. The highest BCUT2D eigenvalue weighted by atomic mass is 16.5. The van der Waals surface area contributed by atoms with E-state index < -0.39 is 0 Å². The van der Waals surface area contributed by atoms with Crippen molar-refractivity contribution in [1.29, 1.82) is 0 Å². The lowest BCUT2D eigenvalue weighted by atomic mass is 9.81. The second kappa shape index (κ2) is 4.93. The molecule has 0 bridgehead atoms.